The van der Waals surface area contributed by atoms with Crippen LogP contribution in [-0.4, -0.2) is 11.0 Å². The minimum atomic E-state index is 0.220. The van der Waals surface area contributed by atoms with Gasteiger partial charge in [0.05, 0.1) is 5.69 Å². The quantitative estimate of drug-likeness (QED) is 0.745. The predicted octanol–water partition coefficient (Wildman–Crippen LogP) is 1.57. The summed E-state index contributed by atoms with van der Waals surface area (Å²) in [5.74, 6) is 1.72. The highest BCUT2D eigenvalue weighted by atomic mass is 16.4. The number of aryl methyl sites for hydroxylation is 3. The normalized spacial score (nSPS) is 13.3. The lowest BCUT2D eigenvalue weighted by molar-refractivity contribution is 0.456. The van der Waals surface area contributed by atoms with Gasteiger partial charge in [-0.1, -0.05) is 0 Å². The second-order valence-electron chi connectivity index (χ2n) is 3.27. The van der Waals surface area contributed by atoms with Crippen molar-refractivity contribution in [1.29, 1.82) is 0 Å². The van der Waals surface area contributed by atoms with E-state index in [9.17, 15) is 0 Å². The summed E-state index contributed by atoms with van der Waals surface area (Å²) in [6, 6.07) is 0.220. The van der Waals surface area contributed by atoms with Crippen LogP contribution in [0.1, 0.15) is 30.7 Å². The average Bonchev–Trinajstić information content (AvgIpc) is 2.28. The number of nitrogens with two attached hydrogens (primary N) is 1. The Hall–Kier alpha value is -0.830. The van der Waals surface area contributed by atoms with Gasteiger partial charge in [-0.2, -0.15) is 0 Å². The molecule has 12 heavy (non-hydrogen) atoms. The van der Waals surface area contributed by atoms with E-state index in [0.29, 0.717) is 0 Å². The van der Waals surface area contributed by atoms with Crippen molar-refractivity contribution >= 4 is 0 Å². The van der Waals surface area contributed by atoms with Crippen molar-refractivity contribution in [2.45, 2.75) is 39.7 Å². The summed E-state index contributed by atoms with van der Waals surface area (Å²) in [5.41, 5.74) is 6.60. The number of hydrogen-bond donors (Lipinski definition) is 1. The molecule has 1 rings (SSSR count). The standard InChI is InChI=1S/C9H16N2O/c1-6(10)4-5-9-11-7(2)8(3)12-9/h6H,4-5,10H2,1-3H3. The second kappa shape index (κ2) is 3.72. The highest BCUT2D eigenvalue weighted by Crippen LogP contribution is 2.10. The summed E-state index contributed by atoms with van der Waals surface area (Å²) in [6.07, 6.45) is 1.77. The van der Waals surface area contributed by atoms with E-state index in [2.05, 4.69) is 4.98 Å². The van der Waals surface area contributed by atoms with Gasteiger partial charge in [0.1, 0.15) is 5.76 Å². The van der Waals surface area contributed by atoms with Gasteiger partial charge in [-0.05, 0) is 27.2 Å². The Bertz CT molecular complexity index is 234. The molecule has 2 N–H and O–H groups in total. The van der Waals surface area contributed by atoms with Crippen molar-refractivity contribution < 1.29 is 4.42 Å². The zero-order chi connectivity index (χ0) is 9.14. The van der Waals surface area contributed by atoms with Gasteiger partial charge in [-0.15, -0.1) is 0 Å². The molecule has 1 aromatic heterocycles. The third-order valence-electron chi connectivity index (χ3n) is 1.89. The fourth-order valence-electron chi connectivity index (χ4n) is 0.997. The van der Waals surface area contributed by atoms with Crippen LogP contribution < -0.4 is 5.73 Å². The maximum absolute atomic E-state index is 5.62. The van der Waals surface area contributed by atoms with E-state index in [0.717, 1.165) is 30.2 Å². The molecule has 3 nitrogen and oxygen atoms in total. The second-order valence-corrected chi connectivity index (χ2v) is 3.27. The Labute approximate surface area is 73.0 Å². The summed E-state index contributed by atoms with van der Waals surface area (Å²) in [6.45, 7) is 5.87. The zero-order valence-corrected chi connectivity index (χ0v) is 7.92. The molecular weight excluding hydrogens is 152 g/mol. The van der Waals surface area contributed by atoms with Gasteiger partial charge in [0.15, 0.2) is 5.89 Å². The van der Waals surface area contributed by atoms with E-state index in [1.807, 2.05) is 20.8 Å². The lowest BCUT2D eigenvalue weighted by atomic mass is 10.2. The summed E-state index contributed by atoms with van der Waals surface area (Å²) in [7, 11) is 0. The van der Waals surface area contributed by atoms with Crippen molar-refractivity contribution in [3.8, 4) is 0 Å². The molecule has 1 atom stereocenters. The van der Waals surface area contributed by atoms with Crippen LogP contribution in [0.2, 0.25) is 0 Å². The van der Waals surface area contributed by atoms with Gasteiger partial charge >= 0.3 is 0 Å². The first-order valence-electron chi connectivity index (χ1n) is 4.28. The molecule has 0 saturated heterocycles. The fraction of sp³-hybridized carbons (Fsp3) is 0.667. The third-order valence-corrected chi connectivity index (χ3v) is 1.89. The molecule has 0 aliphatic heterocycles. The topological polar surface area (TPSA) is 52.0 Å². The maximum Gasteiger partial charge on any atom is 0.194 e. The van der Waals surface area contributed by atoms with Crippen LogP contribution in [0.15, 0.2) is 4.42 Å². The maximum atomic E-state index is 5.62. The smallest absolute Gasteiger partial charge is 0.194 e. The van der Waals surface area contributed by atoms with E-state index >= 15 is 0 Å². The van der Waals surface area contributed by atoms with Crippen LogP contribution in [0.4, 0.5) is 0 Å². The summed E-state index contributed by atoms with van der Waals surface area (Å²) in [5, 5.41) is 0. The van der Waals surface area contributed by atoms with Crippen molar-refractivity contribution in [3.63, 3.8) is 0 Å². The zero-order valence-electron chi connectivity index (χ0n) is 7.92. The molecule has 1 heterocycles. The highest BCUT2D eigenvalue weighted by Gasteiger charge is 2.05. The molecule has 0 aliphatic carbocycles. The predicted molar refractivity (Wildman–Crippen MR) is 47.9 cm³/mol. The average molecular weight is 168 g/mol. The monoisotopic (exact) mass is 168 g/mol. The van der Waals surface area contributed by atoms with Crippen LogP contribution in [-0.2, 0) is 6.42 Å². The summed E-state index contributed by atoms with van der Waals surface area (Å²) < 4.78 is 5.40. The van der Waals surface area contributed by atoms with Crippen molar-refractivity contribution in [1.82, 2.24) is 4.98 Å². The van der Waals surface area contributed by atoms with Gasteiger partial charge < -0.3 is 10.2 Å². The summed E-state index contributed by atoms with van der Waals surface area (Å²) >= 11 is 0. The van der Waals surface area contributed by atoms with Crippen LogP contribution in [0.25, 0.3) is 0 Å². The molecule has 1 aromatic rings. The molecule has 0 radical (unpaired) electrons. The van der Waals surface area contributed by atoms with Gasteiger partial charge in [-0.25, -0.2) is 4.98 Å². The summed E-state index contributed by atoms with van der Waals surface area (Å²) in [4.78, 5) is 4.26. The van der Waals surface area contributed by atoms with E-state index in [1.165, 1.54) is 0 Å². The van der Waals surface area contributed by atoms with Crippen molar-refractivity contribution in [2.24, 2.45) is 5.73 Å². The van der Waals surface area contributed by atoms with Crippen molar-refractivity contribution in [2.75, 3.05) is 0 Å². The van der Waals surface area contributed by atoms with Gasteiger partial charge in [0.25, 0.3) is 0 Å². The largest absolute Gasteiger partial charge is 0.446 e. The van der Waals surface area contributed by atoms with Gasteiger partial charge in [-0.3, -0.25) is 0 Å². The number of hydrogen-bond acceptors (Lipinski definition) is 3. The minimum absolute atomic E-state index is 0.220. The van der Waals surface area contributed by atoms with Crippen LogP contribution in [0, 0.1) is 13.8 Å². The Morgan fingerprint density at radius 3 is 2.58 bits per heavy atom. The van der Waals surface area contributed by atoms with Crippen LogP contribution in [0.3, 0.4) is 0 Å². The molecule has 0 fully saturated rings. The number of nitrogens with zero attached hydrogens (tertiary/aromatic N) is 1. The Kier molecular flexibility index (Phi) is 2.87. The van der Waals surface area contributed by atoms with E-state index < -0.39 is 0 Å². The van der Waals surface area contributed by atoms with E-state index in [4.69, 9.17) is 10.2 Å². The molecule has 0 saturated carbocycles. The number of oxazole rings is 1. The van der Waals surface area contributed by atoms with Crippen LogP contribution in [0.5, 0.6) is 0 Å². The first-order valence-corrected chi connectivity index (χ1v) is 4.28. The molecule has 0 aliphatic rings. The first-order chi connectivity index (χ1) is 5.59. The number of aromatic nitrogens is 1. The fourth-order valence-corrected chi connectivity index (χ4v) is 0.997. The molecule has 0 bridgehead atoms. The molecule has 0 spiro atoms. The highest BCUT2D eigenvalue weighted by molar-refractivity contribution is 5.05. The van der Waals surface area contributed by atoms with Crippen molar-refractivity contribution in [3.05, 3.63) is 17.3 Å². The van der Waals surface area contributed by atoms with Crippen LogP contribution >= 0.6 is 0 Å². The molecule has 3 heteroatoms. The number of rotatable bonds is 3. The lowest BCUT2D eigenvalue weighted by Crippen LogP contribution is -2.15. The third kappa shape index (κ3) is 2.34. The van der Waals surface area contributed by atoms with E-state index in [1.54, 1.807) is 0 Å². The Balaban J connectivity index is 2.53. The van der Waals surface area contributed by atoms with E-state index in [-0.39, 0.29) is 6.04 Å². The first kappa shape index (κ1) is 9.26. The minimum Gasteiger partial charge on any atom is -0.446 e. The molecular formula is C9H16N2O. The molecule has 68 valence electrons. The molecule has 1 unspecified atom stereocenters. The lowest BCUT2D eigenvalue weighted by Gasteiger charge is -1.99. The molecule has 0 aromatic carbocycles. The van der Waals surface area contributed by atoms with Gasteiger partial charge in [0.2, 0.25) is 0 Å². The Morgan fingerprint density at radius 2 is 2.17 bits per heavy atom. The Morgan fingerprint density at radius 1 is 1.50 bits per heavy atom. The molecule has 0 amide bonds. The van der Waals surface area contributed by atoms with Gasteiger partial charge in [0, 0.05) is 12.5 Å². The SMILES string of the molecule is Cc1nc(CCC(C)N)oc1C.